The van der Waals surface area contributed by atoms with E-state index in [9.17, 15) is 9.18 Å². The molecule has 0 heterocycles. The topological polar surface area (TPSA) is 74.6 Å². The minimum absolute atomic E-state index is 0.183. The zero-order valence-electron chi connectivity index (χ0n) is 8.35. The third kappa shape index (κ3) is 6.33. The minimum Gasteiger partial charge on any atom is -0.481 e. The zero-order valence-corrected chi connectivity index (χ0v) is 10.5. The quantitative estimate of drug-likeness (QED) is 0.812. The molecular formula is C10H10FIO4. The van der Waals surface area contributed by atoms with Gasteiger partial charge in [-0.1, -0.05) is 12.1 Å². The summed E-state index contributed by atoms with van der Waals surface area (Å²) in [5.74, 6) is -2.28. The van der Waals surface area contributed by atoms with Crippen molar-refractivity contribution in [2.45, 2.75) is 13.1 Å². The highest BCUT2D eigenvalue weighted by Gasteiger charge is 2.17. The molecule has 0 saturated carbocycles. The molecule has 0 aliphatic carbocycles. The van der Waals surface area contributed by atoms with Crippen LogP contribution >= 0.6 is 22.6 Å². The van der Waals surface area contributed by atoms with E-state index >= 15 is 0 Å². The van der Waals surface area contributed by atoms with Crippen molar-refractivity contribution >= 4 is 34.5 Å². The molecule has 0 saturated heterocycles. The maximum absolute atomic E-state index is 12.8. The molecule has 0 radical (unpaired) electrons. The summed E-state index contributed by atoms with van der Waals surface area (Å²) in [4.78, 5) is 19.2. The van der Waals surface area contributed by atoms with Gasteiger partial charge in [0.05, 0.1) is 0 Å². The van der Waals surface area contributed by atoms with Gasteiger partial charge in [0.15, 0.2) is 0 Å². The second kappa shape index (κ2) is 7.15. The molecule has 0 aliphatic rings. The van der Waals surface area contributed by atoms with E-state index in [1.54, 1.807) is 12.1 Å². The van der Waals surface area contributed by atoms with Gasteiger partial charge in [0, 0.05) is 10.5 Å². The third-order valence-corrected chi connectivity index (χ3v) is 2.10. The van der Waals surface area contributed by atoms with Gasteiger partial charge in [-0.3, -0.25) is 4.79 Å². The molecule has 16 heavy (non-hydrogen) atoms. The average Bonchev–Trinajstić information content (AvgIpc) is 2.17. The molecule has 0 aromatic heterocycles. The van der Waals surface area contributed by atoms with Crippen LogP contribution in [-0.2, 0) is 9.59 Å². The Morgan fingerprint density at radius 3 is 1.94 bits per heavy atom. The molecule has 4 nitrogen and oxygen atoms in total. The van der Waals surface area contributed by atoms with Gasteiger partial charge < -0.3 is 10.2 Å². The molecule has 1 rings (SSSR count). The molecule has 0 amide bonds. The van der Waals surface area contributed by atoms with Crippen molar-refractivity contribution < 1.29 is 24.2 Å². The number of carbonyl (C=O) groups is 2. The van der Waals surface area contributed by atoms with Gasteiger partial charge >= 0.3 is 5.97 Å². The highest BCUT2D eigenvalue weighted by atomic mass is 127. The molecule has 1 atom stereocenters. The zero-order chi connectivity index (χ0) is 12.7. The number of carboxylic acids is 2. The summed E-state index contributed by atoms with van der Waals surface area (Å²) in [6.07, 6.45) is -1.91. The Morgan fingerprint density at radius 1 is 1.25 bits per heavy atom. The van der Waals surface area contributed by atoms with Gasteiger partial charge in [0.1, 0.15) is 0 Å². The first-order valence-electron chi connectivity index (χ1n) is 4.16. The van der Waals surface area contributed by atoms with Gasteiger partial charge in [0.25, 0.3) is 5.97 Å². The molecule has 6 heteroatoms. The fraction of sp³-hybridized carbons (Fsp3) is 0.200. The van der Waals surface area contributed by atoms with Crippen molar-refractivity contribution in [2.24, 2.45) is 0 Å². The first-order valence-corrected chi connectivity index (χ1v) is 5.24. The number of alkyl halides is 1. The molecule has 1 aromatic rings. The normalized spacial score (nSPS) is 10.9. The maximum atomic E-state index is 12.8. The summed E-state index contributed by atoms with van der Waals surface area (Å²) in [7, 11) is 0. The second-order valence-electron chi connectivity index (χ2n) is 2.77. The summed E-state index contributed by atoms with van der Waals surface area (Å²) in [5.41, 5.74) is 0.183. The van der Waals surface area contributed by atoms with Crippen LogP contribution in [0.4, 0.5) is 4.39 Å². The van der Waals surface area contributed by atoms with Crippen LogP contribution in [0.3, 0.4) is 0 Å². The van der Waals surface area contributed by atoms with Crippen LogP contribution < -0.4 is 0 Å². The molecule has 1 unspecified atom stereocenters. The van der Waals surface area contributed by atoms with Crippen LogP contribution in [-0.4, -0.2) is 22.2 Å². The van der Waals surface area contributed by atoms with E-state index in [4.69, 9.17) is 15.0 Å². The summed E-state index contributed by atoms with van der Waals surface area (Å²) in [5, 5.41) is 15.7. The molecule has 2 N–H and O–H groups in total. The van der Waals surface area contributed by atoms with Crippen molar-refractivity contribution in [1.82, 2.24) is 0 Å². The van der Waals surface area contributed by atoms with Crippen LogP contribution in [0.1, 0.15) is 18.7 Å². The molecule has 0 aliphatic heterocycles. The van der Waals surface area contributed by atoms with Gasteiger partial charge in [-0.25, -0.2) is 9.18 Å². The maximum Gasteiger partial charge on any atom is 0.343 e. The Bertz CT molecular complexity index is 360. The van der Waals surface area contributed by atoms with Crippen LogP contribution in [0, 0.1) is 3.57 Å². The van der Waals surface area contributed by atoms with E-state index in [2.05, 4.69) is 22.6 Å². The summed E-state index contributed by atoms with van der Waals surface area (Å²) in [6, 6.07) is 6.29. The smallest absolute Gasteiger partial charge is 0.343 e. The Morgan fingerprint density at radius 2 is 1.62 bits per heavy atom. The van der Waals surface area contributed by atoms with Crippen LogP contribution in [0.15, 0.2) is 24.3 Å². The van der Waals surface area contributed by atoms with E-state index in [0.717, 1.165) is 10.5 Å². The van der Waals surface area contributed by atoms with Crippen LogP contribution in [0.2, 0.25) is 0 Å². The molecule has 88 valence electrons. The summed E-state index contributed by atoms with van der Waals surface area (Å²) < 4.78 is 13.7. The fourth-order valence-electron chi connectivity index (χ4n) is 0.774. The van der Waals surface area contributed by atoms with E-state index < -0.39 is 18.1 Å². The standard InChI is InChI=1S/C8H6FIO2.C2H4O2/c9-7(8(11)12)5-1-3-6(10)4-2-5;1-2(3)4/h1-4,7H,(H,11,12);1H3,(H,3,4). The van der Waals surface area contributed by atoms with Crippen LogP contribution in [0.25, 0.3) is 0 Å². The van der Waals surface area contributed by atoms with E-state index in [-0.39, 0.29) is 5.56 Å². The van der Waals surface area contributed by atoms with Crippen molar-refractivity contribution in [3.63, 3.8) is 0 Å². The van der Waals surface area contributed by atoms with Gasteiger partial charge in [-0.2, -0.15) is 0 Å². The van der Waals surface area contributed by atoms with Crippen molar-refractivity contribution in [3.05, 3.63) is 33.4 Å². The van der Waals surface area contributed by atoms with E-state index in [0.29, 0.717) is 0 Å². The highest BCUT2D eigenvalue weighted by molar-refractivity contribution is 14.1. The third-order valence-electron chi connectivity index (χ3n) is 1.38. The van der Waals surface area contributed by atoms with Crippen molar-refractivity contribution in [2.75, 3.05) is 0 Å². The Hall–Kier alpha value is -1.18. The van der Waals surface area contributed by atoms with Crippen molar-refractivity contribution in [1.29, 1.82) is 0 Å². The van der Waals surface area contributed by atoms with Gasteiger partial charge in [0.2, 0.25) is 6.17 Å². The Balaban J connectivity index is 0.000000487. The SMILES string of the molecule is CC(=O)O.O=C(O)C(F)c1ccc(I)cc1. The summed E-state index contributed by atoms with van der Waals surface area (Å²) in [6.45, 7) is 1.08. The number of aliphatic carboxylic acids is 2. The number of benzene rings is 1. The lowest BCUT2D eigenvalue weighted by Gasteiger charge is -2.01. The van der Waals surface area contributed by atoms with Crippen LogP contribution in [0.5, 0.6) is 0 Å². The predicted molar refractivity (Wildman–Crippen MR) is 64.0 cm³/mol. The summed E-state index contributed by atoms with van der Waals surface area (Å²) >= 11 is 2.07. The number of halogens is 2. The number of hydrogen-bond donors (Lipinski definition) is 2. The molecular weight excluding hydrogens is 330 g/mol. The molecule has 0 spiro atoms. The Labute approximate surface area is 105 Å². The minimum atomic E-state index is -1.91. The number of hydrogen-bond acceptors (Lipinski definition) is 2. The molecule has 1 aromatic carbocycles. The number of rotatable bonds is 2. The highest BCUT2D eigenvalue weighted by Crippen LogP contribution is 2.18. The largest absolute Gasteiger partial charge is 0.481 e. The predicted octanol–water partition coefficient (Wildman–Crippen LogP) is 2.48. The molecule has 0 fully saturated rings. The lowest BCUT2D eigenvalue weighted by Crippen LogP contribution is -2.05. The lowest BCUT2D eigenvalue weighted by molar-refractivity contribution is -0.143. The molecule has 0 bridgehead atoms. The lowest BCUT2D eigenvalue weighted by atomic mass is 10.1. The monoisotopic (exact) mass is 340 g/mol. The van der Waals surface area contributed by atoms with Gasteiger partial charge in [-0.05, 0) is 40.3 Å². The van der Waals surface area contributed by atoms with E-state index in [1.807, 2.05) is 0 Å². The van der Waals surface area contributed by atoms with Gasteiger partial charge in [-0.15, -0.1) is 0 Å². The van der Waals surface area contributed by atoms with Crippen molar-refractivity contribution in [3.8, 4) is 0 Å². The first kappa shape index (κ1) is 14.8. The average molecular weight is 340 g/mol. The number of carboxylic acid groups (broad SMARTS) is 2. The first-order chi connectivity index (χ1) is 7.34. The fourth-order valence-corrected chi connectivity index (χ4v) is 1.13. The Kier molecular flexibility index (Phi) is 6.63. The van der Waals surface area contributed by atoms with E-state index in [1.165, 1.54) is 12.1 Å². The second-order valence-corrected chi connectivity index (χ2v) is 4.02.